The summed E-state index contributed by atoms with van der Waals surface area (Å²) in [4.78, 5) is 12.3. The average Bonchev–Trinajstić information content (AvgIpc) is 2.77. The molecule has 0 bridgehead atoms. The van der Waals surface area contributed by atoms with Crippen LogP contribution in [0.4, 0.5) is 18.9 Å². The fraction of sp³-hybridized carbons (Fsp3) is 0.125. The molecule has 3 aromatic carbocycles. The van der Waals surface area contributed by atoms with Gasteiger partial charge in [-0.2, -0.15) is 13.2 Å². The number of ether oxygens (including phenoxy) is 2. The molecule has 0 aliphatic heterocycles. The molecule has 0 spiro atoms. The lowest BCUT2D eigenvalue weighted by Crippen LogP contribution is -2.14. The summed E-state index contributed by atoms with van der Waals surface area (Å²) in [6.07, 6.45) is -1.96. The van der Waals surface area contributed by atoms with Gasteiger partial charge >= 0.3 is 6.18 Å². The minimum absolute atomic E-state index is 0.264. The Morgan fingerprint density at radius 2 is 1.75 bits per heavy atom. The van der Waals surface area contributed by atoms with Gasteiger partial charge < -0.3 is 14.8 Å². The molecule has 8 heteroatoms. The van der Waals surface area contributed by atoms with Crippen LogP contribution in [-0.4, -0.2) is 13.0 Å². The molecular weight excluding hydrogens is 487 g/mol. The highest BCUT2D eigenvalue weighted by atomic mass is 79.9. The van der Waals surface area contributed by atoms with Crippen molar-refractivity contribution in [1.29, 1.82) is 0 Å². The normalized spacial score (nSPS) is 11.4. The lowest BCUT2D eigenvalue weighted by atomic mass is 10.1. The summed E-state index contributed by atoms with van der Waals surface area (Å²) in [5.41, 5.74) is 0.241. The topological polar surface area (TPSA) is 47.6 Å². The highest BCUT2D eigenvalue weighted by molar-refractivity contribution is 9.10. The third kappa shape index (κ3) is 6.13. The van der Waals surface area contributed by atoms with Gasteiger partial charge in [-0.25, -0.2) is 0 Å². The van der Waals surface area contributed by atoms with E-state index in [1.165, 1.54) is 31.4 Å². The van der Waals surface area contributed by atoms with Gasteiger partial charge in [0.2, 0.25) is 5.91 Å². The van der Waals surface area contributed by atoms with Gasteiger partial charge in [0.1, 0.15) is 6.61 Å². The van der Waals surface area contributed by atoms with Gasteiger partial charge in [-0.05, 0) is 42.0 Å². The maximum absolute atomic E-state index is 13.1. The van der Waals surface area contributed by atoms with Crippen molar-refractivity contribution in [1.82, 2.24) is 0 Å². The van der Waals surface area contributed by atoms with Gasteiger partial charge in [0.05, 0.1) is 18.4 Å². The number of halogens is 4. The van der Waals surface area contributed by atoms with Crippen LogP contribution in [0, 0.1) is 0 Å². The second kappa shape index (κ2) is 10.4. The molecule has 0 saturated carbocycles. The van der Waals surface area contributed by atoms with Crippen LogP contribution in [0.2, 0.25) is 0 Å². The molecular formula is C24H19BrF3NO3. The Hall–Kier alpha value is -3.26. The van der Waals surface area contributed by atoms with Crippen LogP contribution < -0.4 is 14.8 Å². The zero-order valence-corrected chi connectivity index (χ0v) is 18.5. The predicted octanol–water partition coefficient (Wildman–Crippen LogP) is 6.71. The Labute approximate surface area is 191 Å². The molecule has 32 heavy (non-hydrogen) atoms. The number of carbonyl (C=O) groups is 1. The third-order valence-corrected chi connectivity index (χ3v) is 4.96. The van der Waals surface area contributed by atoms with Gasteiger partial charge in [0.25, 0.3) is 0 Å². The Kier molecular flexibility index (Phi) is 7.58. The zero-order chi connectivity index (χ0) is 23.1. The monoisotopic (exact) mass is 505 g/mol. The average molecular weight is 506 g/mol. The van der Waals surface area contributed by atoms with E-state index in [1.54, 1.807) is 18.2 Å². The van der Waals surface area contributed by atoms with Crippen LogP contribution in [-0.2, 0) is 17.6 Å². The fourth-order valence-corrected chi connectivity index (χ4v) is 3.16. The summed E-state index contributed by atoms with van der Waals surface area (Å²) in [7, 11) is 1.50. The van der Waals surface area contributed by atoms with E-state index in [1.807, 2.05) is 24.3 Å². The van der Waals surface area contributed by atoms with Crippen LogP contribution in [0.1, 0.15) is 16.7 Å². The van der Waals surface area contributed by atoms with E-state index in [4.69, 9.17) is 9.47 Å². The van der Waals surface area contributed by atoms with Crippen molar-refractivity contribution in [2.45, 2.75) is 12.8 Å². The number of carbonyl (C=O) groups excluding carboxylic acids is 1. The molecule has 0 radical (unpaired) electrons. The van der Waals surface area contributed by atoms with E-state index in [9.17, 15) is 18.0 Å². The molecule has 0 heterocycles. The second-order valence-electron chi connectivity index (χ2n) is 6.66. The highest BCUT2D eigenvalue weighted by Crippen LogP contribution is 2.35. The standard InChI is InChI=1S/C24H19BrF3NO3/c1-31-21-8-4-5-17(23(21)32-15-16-9-12-18(25)13-10-16)11-14-22(30)29-20-7-3-2-6-19(20)24(26,27)28/h2-14H,15H2,1H3,(H,29,30)/b14-11+. The van der Waals surface area contributed by atoms with Crippen molar-refractivity contribution in [3.8, 4) is 11.5 Å². The fourth-order valence-electron chi connectivity index (χ4n) is 2.89. The van der Waals surface area contributed by atoms with Crippen LogP contribution in [0.15, 0.2) is 77.3 Å². The molecule has 0 aliphatic carbocycles. The van der Waals surface area contributed by atoms with E-state index in [2.05, 4.69) is 21.2 Å². The van der Waals surface area contributed by atoms with Gasteiger partial charge in [-0.3, -0.25) is 4.79 Å². The van der Waals surface area contributed by atoms with Gasteiger partial charge in [0, 0.05) is 16.1 Å². The Balaban J connectivity index is 1.78. The zero-order valence-electron chi connectivity index (χ0n) is 16.9. The molecule has 0 unspecified atom stereocenters. The summed E-state index contributed by atoms with van der Waals surface area (Å²) < 4.78 is 51.6. The number of hydrogen-bond acceptors (Lipinski definition) is 3. The molecule has 0 aromatic heterocycles. The first kappa shape index (κ1) is 23.4. The maximum atomic E-state index is 13.1. The van der Waals surface area contributed by atoms with Crippen LogP contribution in [0.5, 0.6) is 11.5 Å². The molecule has 0 atom stereocenters. The number of hydrogen-bond donors (Lipinski definition) is 1. The summed E-state index contributed by atoms with van der Waals surface area (Å²) in [5, 5.41) is 2.28. The quantitative estimate of drug-likeness (QED) is 0.363. The van der Waals surface area contributed by atoms with Crippen molar-refractivity contribution in [3.05, 3.63) is 94.0 Å². The molecule has 0 fully saturated rings. The summed E-state index contributed by atoms with van der Waals surface area (Å²) in [5.74, 6) is 0.174. The highest BCUT2D eigenvalue weighted by Gasteiger charge is 2.33. The third-order valence-electron chi connectivity index (χ3n) is 4.43. The van der Waals surface area contributed by atoms with Crippen molar-refractivity contribution in [3.63, 3.8) is 0 Å². The number of alkyl halides is 3. The maximum Gasteiger partial charge on any atom is 0.418 e. The first-order valence-corrected chi connectivity index (χ1v) is 10.3. The SMILES string of the molecule is COc1cccc(/C=C/C(=O)Nc2ccccc2C(F)(F)F)c1OCc1ccc(Br)cc1. The van der Waals surface area contributed by atoms with Gasteiger partial charge in [0.15, 0.2) is 11.5 Å². The smallest absolute Gasteiger partial charge is 0.418 e. The van der Waals surface area contributed by atoms with E-state index in [-0.39, 0.29) is 12.3 Å². The first-order valence-electron chi connectivity index (χ1n) is 9.47. The lowest BCUT2D eigenvalue weighted by molar-refractivity contribution is -0.136. The van der Waals surface area contributed by atoms with Crippen LogP contribution >= 0.6 is 15.9 Å². The minimum atomic E-state index is -4.57. The molecule has 0 saturated heterocycles. The summed E-state index contributed by atoms with van der Waals surface area (Å²) in [6.45, 7) is 0.264. The Morgan fingerprint density at radius 3 is 2.44 bits per heavy atom. The Bertz CT molecular complexity index is 1110. The Morgan fingerprint density at radius 1 is 1.03 bits per heavy atom. The number of amides is 1. The molecule has 3 rings (SSSR count). The number of methoxy groups -OCH3 is 1. The van der Waals surface area contributed by atoms with Crippen molar-refractivity contribution in [2.24, 2.45) is 0 Å². The predicted molar refractivity (Wildman–Crippen MR) is 121 cm³/mol. The van der Waals surface area contributed by atoms with Crippen LogP contribution in [0.3, 0.4) is 0 Å². The molecule has 0 aliphatic rings. The van der Waals surface area contributed by atoms with Crippen molar-refractivity contribution < 1.29 is 27.4 Å². The van der Waals surface area contributed by atoms with E-state index >= 15 is 0 Å². The number of rotatable bonds is 7. The number of benzene rings is 3. The summed E-state index contributed by atoms with van der Waals surface area (Å²) in [6, 6.07) is 17.5. The van der Waals surface area contributed by atoms with Crippen LogP contribution in [0.25, 0.3) is 6.08 Å². The van der Waals surface area contributed by atoms with E-state index < -0.39 is 17.6 Å². The number of nitrogens with one attached hydrogen (secondary N) is 1. The minimum Gasteiger partial charge on any atom is -0.493 e. The summed E-state index contributed by atoms with van der Waals surface area (Å²) >= 11 is 3.38. The van der Waals surface area contributed by atoms with E-state index in [0.29, 0.717) is 17.1 Å². The van der Waals surface area contributed by atoms with Gasteiger partial charge in [-0.1, -0.05) is 52.3 Å². The van der Waals surface area contributed by atoms with E-state index in [0.717, 1.165) is 22.2 Å². The second-order valence-corrected chi connectivity index (χ2v) is 7.58. The van der Waals surface area contributed by atoms with Gasteiger partial charge in [-0.15, -0.1) is 0 Å². The molecule has 1 amide bonds. The first-order chi connectivity index (χ1) is 15.3. The number of para-hydroxylation sites is 2. The largest absolute Gasteiger partial charge is 0.493 e. The molecule has 1 N–H and O–H groups in total. The molecule has 4 nitrogen and oxygen atoms in total. The van der Waals surface area contributed by atoms with Crippen molar-refractivity contribution >= 4 is 33.6 Å². The molecule has 166 valence electrons. The number of anilines is 1. The lowest BCUT2D eigenvalue weighted by Gasteiger charge is -2.14. The van der Waals surface area contributed by atoms with Crippen molar-refractivity contribution in [2.75, 3.05) is 12.4 Å². The molecule has 3 aromatic rings.